The Morgan fingerprint density at radius 1 is 1.31 bits per heavy atom. The molecule has 3 heteroatoms. The molecule has 1 aromatic carbocycles. The lowest BCUT2D eigenvalue weighted by Crippen LogP contribution is -2.01. The lowest BCUT2D eigenvalue weighted by atomic mass is 10.1. The van der Waals surface area contributed by atoms with E-state index in [1.807, 2.05) is 24.3 Å². The summed E-state index contributed by atoms with van der Waals surface area (Å²) in [5.74, 6) is 0. The first-order chi connectivity index (χ1) is 6.36. The number of nitrogens with one attached hydrogen (secondary N) is 1. The quantitative estimate of drug-likeness (QED) is 0.524. The number of hydrogen-bond acceptors (Lipinski definition) is 2. The Morgan fingerprint density at radius 2 is 2.00 bits per heavy atom. The Hall–Kier alpha value is -0.600. The van der Waals surface area contributed by atoms with Crippen molar-refractivity contribution in [1.29, 1.82) is 5.26 Å². The first-order valence-corrected chi connectivity index (χ1v) is 5.27. The lowest BCUT2D eigenvalue weighted by Gasteiger charge is -1.99. The van der Waals surface area contributed by atoms with Gasteiger partial charge < -0.3 is 0 Å². The monoisotopic (exact) mass is 286 g/mol. The number of nitrogens with zero attached hydrogens (tertiary/aromatic N) is 1. The normalized spacial score (nSPS) is 9.54. The number of hydrogen-bond donors (Lipinski definition) is 1. The van der Waals surface area contributed by atoms with Crippen LogP contribution in [0.4, 0.5) is 0 Å². The first-order valence-electron chi connectivity index (χ1n) is 4.19. The van der Waals surface area contributed by atoms with Crippen LogP contribution in [0.5, 0.6) is 0 Å². The van der Waals surface area contributed by atoms with Gasteiger partial charge in [0, 0.05) is 29.4 Å². The molecule has 0 amide bonds. The highest BCUT2D eigenvalue weighted by Crippen LogP contribution is 2.05. The lowest BCUT2D eigenvalue weighted by molar-refractivity contribution is 0.812. The molecule has 0 aliphatic carbocycles. The first kappa shape index (κ1) is 10.5. The van der Waals surface area contributed by atoms with Gasteiger partial charge in [0.2, 0.25) is 0 Å². The molecule has 0 radical (unpaired) electrons. The number of nitriles is 1. The van der Waals surface area contributed by atoms with Crippen molar-refractivity contribution in [3.63, 3.8) is 0 Å². The molecule has 0 spiro atoms. The SMILES string of the molecule is N#Cc1ccc(CCCNI)cc1. The molecule has 1 aromatic rings. The maximum absolute atomic E-state index is 8.58. The van der Waals surface area contributed by atoms with Crippen molar-refractivity contribution in [1.82, 2.24) is 3.53 Å². The number of rotatable bonds is 4. The van der Waals surface area contributed by atoms with Crippen LogP contribution >= 0.6 is 22.9 Å². The van der Waals surface area contributed by atoms with Crippen LogP contribution in [-0.2, 0) is 6.42 Å². The van der Waals surface area contributed by atoms with Crippen LogP contribution < -0.4 is 3.53 Å². The maximum atomic E-state index is 8.58. The topological polar surface area (TPSA) is 35.8 Å². The summed E-state index contributed by atoms with van der Waals surface area (Å²) in [5.41, 5.74) is 2.03. The van der Waals surface area contributed by atoms with Gasteiger partial charge in [0.15, 0.2) is 0 Å². The van der Waals surface area contributed by atoms with Crippen LogP contribution in [0, 0.1) is 11.3 Å². The molecule has 0 unspecified atom stereocenters. The highest BCUT2D eigenvalue weighted by Gasteiger charge is 1.93. The molecule has 2 nitrogen and oxygen atoms in total. The Kier molecular flexibility index (Phi) is 4.79. The minimum atomic E-state index is 0.732. The molecule has 0 fully saturated rings. The van der Waals surface area contributed by atoms with Crippen molar-refractivity contribution in [3.05, 3.63) is 35.4 Å². The minimum absolute atomic E-state index is 0.732. The van der Waals surface area contributed by atoms with Crippen molar-refractivity contribution in [2.45, 2.75) is 12.8 Å². The number of halogens is 1. The Balaban J connectivity index is 2.46. The predicted molar refractivity (Wildman–Crippen MR) is 61.5 cm³/mol. The van der Waals surface area contributed by atoms with Gasteiger partial charge in [0.25, 0.3) is 0 Å². The second-order valence-electron chi connectivity index (χ2n) is 2.80. The summed E-state index contributed by atoms with van der Waals surface area (Å²) in [6.45, 7) is 1.03. The molecule has 0 atom stereocenters. The summed E-state index contributed by atoms with van der Waals surface area (Å²) in [6, 6.07) is 9.88. The van der Waals surface area contributed by atoms with Crippen LogP contribution in [0.25, 0.3) is 0 Å². The van der Waals surface area contributed by atoms with E-state index in [9.17, 15) is 0 Å². The van der Waals surface area contributed by atoms with Crippen molar-refractivity contribution >= 4 is 22.9 Å². The van der Waals surface area contributed by atoms with Crippen LogP contribution in [0.15, 0.2) is 24.3 Å². The van der Waals surface area contributed by atoms with Gasteiger partial charge in [-0.05, 0) is 30.5 Å². The largest absolute Gasteiger partial charge is 0.261 e. The van der Waals surface area contributed by atoms with Crippen LogP contribution in [0.1, 0.15) is 17.5 Å². The highest BCUT2D eigenvalue weighted by atomic mass is 127. The van der Waals surface area contributed by atoms with Gasteiger partial charge in [-0.25, -0.2) is 0 Å². The summed E-state index contributed by atoms with van der Waals surface area (Å²) < 4.78 is 3.08. The standard InChI is InChI=1S/C10H11IN2/c11-13-7-1-2-9-3-5-10(8-12)6-4-9/h3-6,13H,1-2,7H2. The summed E-state index contributed by atoms with van der Waals surface area (Å²) >= 11 is 2.15. The molecule has 0 heterocycles. The summed E-state index contributed by atoms with van der Waals surface area (Å²) in [7, 11) is 0. The van der Waals surface area contributed by atoms with E-state index in [0.29, 0.717) is 0 Å². The highest BCUT2D eigenvalue weighted by molar-refractivity contribution is 14.1. The second-order valence-corrected chi connectivity index (χ2v) is 3.56. The zero-order valence-electron chi connectivity index (χ0n) is 7.26. The molecule has 0 aromatic heterocycles. The molecular formula is C10H11IN2. The minimum Gasteiger partial charge on any atom is -0.261 e. The average Bonchev–Trinajstić information content (AvgIpc) is 2.19. The van der Waals surface area contributed by atoms with Crippen molar-refractivity contribution in [2.24, 2.45) is 0 Å². The van der Waals surface area contributed by atoms with Gasteiger partial charge in [0.05, 0.1) is 11.6 Å². The van der Waals surface area contributed by atoms with Crippen molar-refractivity contribution in [2.75, 3.05) is 6.54 Å². The van der Waals surface area contributed by atoms with E-state index >= 15 is 0 Å². The van der Waals surface area contributed by atoms with E-state index in [1.165, 1.54) is 5.56 Å². The van der Waals surface area contributed by atoms with Crippen LogP contribution in [0.2, 0.25) is 0 Å². The Morgan fingerprint density at radius 3 is 2.54 bits per heavy atom. The average molecular weight is 286 g/mol. The molecule has 1 N–H and O–H groups in total. The number of aryl methyl sites for hydroxylation is 1. The Bertz CT molecular complexity index is 287. The molecule has 68 valence electrons. The molecule has 0 saturated carbocycles. The summed E-state index contributed by atoms with van der Waals surface area (Å²) in [4.78, 5) is 0. The zero-order valence-corrected chi connectivity index (χ0v) is 9.41. The van der Waals surface area contributed by atoms with Gasteiger partial charge in [-0.3, -0.25) is 3.53 Å². The molecular weight excluding hydrogens is 275 g/mol. The van der Waals surface area contributed by atoms with E-state index in [0.717, 1.165) is 24.9 Å². The predicted octanol–water partition coefficient (Wildman–Crippen LogP) is 2.43. The third-order valence-electron chi connectivity index (χ3n) is 1.82. The third kappa shape index (κ3) is 3.75. The summed E-state index contributed by atoms with van der Waals surface area (Å²) in [5, 5.41) is 8.58. The molecule has 0 aliphatic heterocycles. The fourth-order valence-corrected chi connectivity index (χ4v) is 1.49. The molecule has 0 aliphatic rings. The molecule has 13 heavy (non-hydrogen) atoms. The van der Waals surface area contributed by atoms with Crippen molar-refractivity contribution < 1.29 is 0 Å². The van der Waals surface area contributed by atoms with Crippen LogP contribution in [-0.4, -0.2) is 6.54 Å². The van der Waals surface area contributed by atoms with Crippen LogP contribution in [0.3, 0.4) is 0 Å². The van der Waals surface area contributed by atoms with E-state index in [-0.39, 0.29) is 0 Å². The molecule has 1 rings (SSSR count). The van der Waals surface area contributed by atoms with E-state index in [4.69, 9.17) is 5.26 Å². The van der Waals surface area contributed by atoms with Gasteiger partial charge in [-0.1, -0.05) is 12.1 Å². The Labute approximate surface area is 92.5 Å². The number of benzene rings is 1. The van der Waals surface area contributed by atoms with Gasteiger partial charge in [-0.2, -0.15) is 5.26 Å². The fourth-order valence-electron chi connectivity index (χ4n) is 1.11. The molecule has 0 bridgehead atoms. The third-order valence-corrected chi connectivity index (χ3v) is 2.36. The second kappa shape index (κ2) is 5.95. The van der Waals surface area contributed by atoms with Gasteiger partial charge in [-0.15, -0.1) is 0 Å². The molecule has 0 saturated heterocycles. The smallest absolute Gasteiger partial charge is 0.0991 e. The van der Waals surface area contributed by atoms with Gasteiger partial charge in [0.1, 0.15) is 0 Å². The van der Waals surface area contributed by atoms with Crippen molar-refractivity contribution in [3.8, 4) is 6.07 Å². The van der Waals surface area contributed by atoms with E-state index in [2.05, 4.69) is 32.5 Å². The van der Waals surface area contributed by atoms with Gasteiger partial charge >= 0.3 is 0 Å². The summed E-state index contributed by atoms with van der Waals surface area (Å²) in [6.07, 6.45) is 2.20. The van der Waals surface area contributed by atoms with E-state index < -0.39 is 0 Å². The maximum Gasteiger partial charge on any atom is 0.0991 e. The van der Waals surface area contributed by atoms with E-state index in [1.54, 1.807) is 0 Å². The zero-order chi connectivity index (χ0) is 9.52. The fraction of sp³-hybridized carbons (Fsp3) is 0.300.